The Morgan fingerprint density at radius 3 is 2.72 bits per heavy atom. The van der Waals surface area contributed by atoms with Crippen LogP contribution >= 0.6 is 0 Å². The molecular formula is C24H25FN4O3. The quantitative estimate of drug-likeness (QED) is 0.475. The van der Waals surface area contributed by atoms with Crippen LogP contribution in [0.3, 0.4) is 0 Å². The molecule has 0 radical (unpaired) electrons. The highest BCUT2D eigenvalue weighted by molar-refractivity contribution is 5.93. The third-order valence-corrected chi connectivity index (χ3v) is 6.48. The lowest BCUT2D eigenvalue weighted by molar-refractivity contribution is -0.170. The number of aliphatic carboxylic acids is 1. The van der Waals surface area contributed by atoms with Crippen molar-refractivity contribution < 1.29 is 19.0 Å². The largest absolute Gasteiger partial charge is 0.479 e. The summed E-state index contributed by atoms with van der Waals surface area (Å²) in [6.45, 7) is 6.17. The second-order valence-corrected chi connectivity index (χ2v) is 9.01. The van der Waals surface area contributed by atoms with Gasteiger partial charge in [0.2, 0.25) is 0 Å². The van der Waals surface area contributed by atoms with E-state index >= 15 is 0 Å². The van der Waals surface area contributed by atoms with E-state index in [4.69, 9.17) is 9.72 Å². The number of hydrogen-bond acceptors (Lipinski definition) is 4. The number of nitrogens with one attached hydrogen (secondary N) is 1. The number of hydrogen-bond donors (Lipinski definition) is 2. The number of benzene rings is 1. The number of halogens is 1. The van der Waals surface area contributed by atoms with Crippen molar-refractivity contribution in [1.29, 1.82) is 0 Å². The first kappa shape index (κ1) is 20.6. The van der Waals surface area contributed by atoms with Gasteiger partial charge < -0.3 is 14.4 Å². The molecule has 0 spiro atoms. The van der Waals surface area contributed by atoms with Crippen molar-refractivity contribution in [2.24, 2.45) is 0 Å². The number of nitrogens with zero attached hydrogens (tertiary/aromatic N) is 3. The number of H-pyrrole nitrogens is 1. The second-order valence-electron chi connectivity index (χ2n) is 9.01. The number of carboxylic acid groups (broad SMARTS) is 1. The van der Waals surface area contributed by atoms with Crippen LogP contribution in [0.25, 0.3) is 27.8 Å². The van der Waals surface area contributed by atoms with Crippen molar-refractivity contribution in [3.05, 3.63) is 53.6 Å². The fourth-order valence-electron chi connectivity index (χ4n) is 4.73. The Labute approximate surface area is 184 Å². The van der Waals surface area contributed by atoms with Crippen LogP contribution in [0, 0.1) is 5.82 Å². The zero-order valence-electron chi connectivity index (χ0n) is 18.2. The van der Waals surface area contributed by atoms with Gasteiger partial charge in [-0.1, -0.05) is 13.8 Å². The van der Waals surface area contributed by atoms with Gasteiger partial charge in [-0.2, -0.15) is 5.10 Å². The van der Waals surface area contributed by atoms with Gasteiger partial charge in [-0.25, -0.2) is 14.2 Å². The van der Waals surface area contributed by atoms with E-state index in [9.17, 15) is 14.3 Å². The number of fused-ring (bicyclic) bond motifs is 2. The van der Waals surface area contributed by atoms with E-state index in [-0.39, 0.29) is 17.7 Å². The molecule has 32 heavy (non-hydrogen) atoms. The van der Waals surface area contributed by atoms with E-state index in [1.165, 1.54) is 12.1 Å². The summed E-state index contributed by atoms with van der Waals surface area (Å²) in [5.74, 6) is -1.09. The van der Waals surface area contributed by atoms with Crippen molar-refractivity contribution >= 4 is 28.0 Å². The molecule has 1 saturated heterocycles. The zero-order valence-corrected chi connectivity index (χ0v) is 18.2. The predicted octanol–water partition coefficient (Wildman–Crippen LogP) is 4.90. The molecule has 1 aliphatic heterocycles. The predicted molar refractivity (Wildman–Crippen MR) is 119 cm³/mol. The molecule has 0 amide bonds. The number of aromatic amines is 1. The Hall–Kier alpha value is -3.26. The molecular weight excluding hydrogens is 411 g/mol. The average Bonchev–Trinajstić information content (AvgIpc) is 3.35. The molecule has 0 unspecified atom stereocenters. The van der Waals surface area contributed by atoms with E-state index in [1.807, 2.05) is 6.07 Å². The molecule has 1 aliphatic rings. The fourth-order valence-corrected chi connectivity index (χ4v) is 4.73. The summed E-state index contributed by atoms with van der Waals surface area (Å²) in [4.78, 5) is 16.6. The summed E-state index contributed by atoms with van der Waals surface area (Å²) in [5, 5.41) is 17.5. The van der Waals surface area contributed by atoms with E-state index in [1.54, 1.807) is 25.3 Å². The van der Waals surface area contributed by atoms with Crippen LogP contribution in [0.15, 0.2) is 36.5 Å². The summed E-state index contributed by atoms with van der Waals surface area (Å²) in [6.07, 6.45) is 2.83. The summed E-state index contributed by atoms with van der Waals surface area (Å²) < 4.78 is 21.7. The molecule has 0 aliphatic carbocycles. The number of carbonyl (C=O) groups is 1. The maximum absolute atomic E-state index is 13.7. The van der Waals surface area contributed by atoms with E-state index in [2.05, 4.69) is 28.6 Å². The molecule has 0 saturated carbocycles. The van der Waals surface area contributed by atoms with Crippen molar-refractivity contribution in [2.45, 2.75) is 51.0 Å². The van der Waals surface area contributed by atoms with Gasteiger partial charge in [0.15, 0.2) is 11.2 Å². The minimum atomic E-state index is -1.17. The average molecular weight is 436 g/mol. The first-order valence-corrected chi connectivity index (χ1v) is 10.8. The van der Waals surface area contributed by atoms with Crippen LogP contribution in [0.1, 0.15) is 56.7 Å². The van der Waals surface area contributed by atoms with Crippen LogP contribution in [-0.2, 0) is 9.53 Å². The van der Waals surface area contributed by atoms with Gasteiger partial charge in [0.25, 0.3) is 0 Å². The summed E-state index contributed by atoms with van der Waals surface area (Å²) in [7, 11) is 0. The highest BCUT2D eigenvalue weighted by Gasteiger charge is 2.41. The Morgan fingerprint density at radius 1 is 1.34 bits per heavy atom. The SMILES string of the molecule is CC(C)c1c([C@H]2CC[C@@](C)(C(=O)O)OC2)c2nc3[nH]ncc3cc2n1-c1ccc(F)cc1. The highest BCUT2D eigenvalue weighted by atomic mass is 19.1. The molecule has 3 aromatic heterocycles. The zero-order chi connectivity index (χ0) is 22.6. The fraction of sp³-hybridized carbons (Fsp3) is 0.375. The van der Waals surface area contributed by atoms with E-state index in [0.717, 1.165) is 33.4 Å². The van der Waals surface area contributed by atoms with Crippen LogP contribution in [0.2, 0.25) is 0 Å². The first-order valence-electron chi connectivity index (χ1n) is 10.8. The lowest BCUT2D eigenvalue weighted by Crippen LogP contribution is -2.43. The van der Waals surface area contributed by atoms with E-state index in [0.29, 0.717) is 25.1 Å². The molecule has 0 bridgehead atoms. The number of carboxylic acids is 1. The Morgan fingerprint density at radius 2 is 2.09 bits per heavy atom. The highest BCUT2D eigenvalue weighted by Crippen LogP contribution is 2.43. The van der Waals surface area contributed by atoms with Gasteiger partial charge in [-0.15, -0.1) is 0 Å². The first-order chi connectivity index (χ1) is 15.3. The smallest absolute Gasteiger partial charge is 0.335 e. The van der Waals surface area contributed by atoms with Gasteiger partial charge in [0, 0.05) is 28.2 Å². The molecule has 7 nitrogen and oxygen atoms in total. The summed E-state index contributed by atoms with van der Waals surface area (Å²) in [6, 6.07) is 8.49. The standard InChI is InChI=1S/C24H25FN4O3/c1-13(2)21-19(14-8-9-24(3,23(30)31)32-12-14)20-18(10-15-11-26-28-22(15)27-20)29(21)17-6-4-16(25)5-7-17/h4-7,10-11,13-14H,8-9,12H2,1-3H3,(H,30,31)(H,26,27,28)/t14-,24-/m0/s1. The molecule has 1 aromatic carbocycles. The third kappa shape index (κ3) is 3.17. The Kier molecular flexibility index (Phi) is 4.78. The molecule has 5 rings (SSSR count). The van der Waals surface area contributed by atoms with Gasteiger partial charge in [0.05, 0.1) is 23.8 Å². The van der Waals surface area contributed by atoms with E-state index < -0.39 is 11.6 Å². The minimum absolute atomic E-state index is 0.00288. The van der Waals surface area contributed by atoms with Crippen LogP contribution in [-0.4, -0.2) is 43.0 Å². The van der Waals surface area contributed by atoms with Crippen LogP contribution in [0.4, 0.5) is 4.39 Å². The normalized spacial score (nSPS) is 21.6. The maximum atomic E-state index is 13.7. The molecule has 2 N–H and O–H groups in total. The van der Waals surface area contributed by atoms with Gasteiger partial charge in [-0.3, -0.25) is 5.10 Å². The molecule has 8 heteroatoms. The molecule has 1 fully saturated rings. The minimum Gasteiger partial charge on any atom is -0.479 e. The summed E-state index contributed by atoms with van der Waals surface area (Å²) >= 11 is 0. The monoisotopic (exact) mass is 436 g/mol. The lowest BCUT2D eigenvalue weighted by atomic mass is 9.84. The van der Waals surface area contributed by atoms with Crippen LogP contribution in [0.5, 0.6) is 0 Å². The van der Waals surface area contributed by atoms with Crippen LogP contribution < -0.4 is 0 Å². The number of rotatable bonds is 4. The number of pyridine rings is 1. The molecule has 4 heterocycles. The molecule has 4 aromatic rings. The van der Waals surface area contributed by atoms with Gasteiger partial charge in [0.1, 0.15) is 5.82 Å². The van der Waals surface area contributed by atoms with Gasteiger partial charge in [-0.05, 0) is 56.0 Å². The maximum Gasteiger partial charge on any atom is 0.335 e. The topological polar surface area (TPSA) is 93.0 Å². The molecule has 2 atom stereocenters. The van der Waals surface area contributed by atoms with Crippen molar-refractivity contribution in [2.75, 3.05) is 6.61 Å². The number of aromatic nitrogens is 4. The lowest BCUT2D eigenvalue weighted by Gasteiger charge is -2.35. The Balaban J connectivity index is 1.75. The van der Waals surface area contributed by atoms with Gasteiger partial charge >= 0.3 is 5.97 Å². The van der Waals surface area contributed by atoms with Crippen molar-refractivity contribution in [3.63, 3.8) is 0 Å². The van der Waals surface area contributed by atoms with Crippen molar-refractivity contribution in [1.82, 2.24) is 19.7 Å². The second kappa shape index (κ2) is 7.41. The molecule has 166 valence electrons. The van der Waals surface area contributed by atoms with Crippen molar-refractivity contribution in [3.8, 4) is 5.69 Å². The third-order valence-electron chi connectivity index (χ3n) is 6.48. The Bertz CT molecular complexity index is 1310. The number of ether oxygens (including phenoxy) is 1. The summed E-state index contributed by atoms with van der Waals surface area (Å²) in [5.41, 5.74) is 4.25.